The lowest BCUT2D eigenvalue weighted by molar-refractivity contribution is -0.122. The van der Waals surface area contributed by atoms with Gasteiger partial charge in [-0.1, -0.05) is 103 Å². The minimum atomic E-state index is -1.79. The molecular weight excluding hydrogens is 496 g/mol. The van der Waals surface area contributed by atoms with Crippen molar-refractivity contribution < 1.29 is 4.79 Å². The number of amides is 1. The normalized spacial score (nSPS) is 12.3. The number of hydrogen-bond donors (Lipinski definition) is 3. The molecule has 0 aliphatic carbocycles. The minimum absolute atomic E-state index is 0.163. The highest BCUT2D eigenvalue weighted by atomic mass is 35.6. The summed E-state index contributed by atoms with van der Waals surface area (Å²) in [5.74, 6) is -0.209. The van der Waals surface area contributed by atoms with Crippen LogP contribution in [0.5, 0.6) is 0 Å². The fourth-order valence-corrected chi connectivity index (χ4v) is 3.41. The Morgan fingerprint density at radius 2 is 1.62 bits per heavy atom. The zero-order valence-corrected chi connectivity index (χ0v) is 20.8. The van der Waals surface area contributed by atoms with Gasteiger partial charge in [0.1, 0.15) is 6.17 Å². The number of benzene rings is 1. The smallest absolute Gasteiger partial charge is 0.228 e. The average molecular weight is 522 g/mol. The summed E-state index contributed by atoms with van der Waals surface area (Å²) < 4.78 is -1.79. The Bertz CT molecular complexity index is 670. The number of carbonyl (C=O) groups excluding carboxylic acids is 1. The summed E-state index contributed by atoms with van der Waals surface area (Å²) in [6.07, 6.45) is 7.19. The van der Waals surface area contributed by atoms with Gasteiger partial charge in [-0.15, -0.1) is 0 Å². The molecule has 1 rings (SSSR count). The summed E-state index contributed by atoms with van der Waals surface area (Å²) >= 11 is 35.1. The van der Waals surface area contributed by atoms with Gasteiger partial charge in [0.05, 0.1) is 10.0 Å². The Morgan fingerprint density at radius 3 is 2.21 bits per heavy atom. The van der Waals surface area contributed by atoms with Gasteiger partial charge in [-0.25, -0.2) is 0 Å². The van der Waals surface area contributed by atoms with Crippen LogP contribution in [0.4, 0.5) is 5.69 Å². The number of hydrogen-bond acceptors (Lipinski definition) is 2. The van der Waals surface area contributed by atoms with E-state index in [-0.39, 0.29) is 11.0 Å². The SMILES string of the molecule is CCCCCCCCCC(=O)N[C@H](NC(=S)Nc1ccc(Cl)c(Cl)c1)C(Cl)(Cl)Cl. The number of rotatable bonds is 11. The predicted octanol–water partition coefficient (Wildman–Crippen LogP) is 7.23. The Morgan fingerprint density at radius 1 is 1.00 bits per heavy atom. The Hall–Kier alpha value is -0.170. The van der Waals surface area contributed by atoms with Crippen molar-refractivity contribution in [2.24, 2.45) is 0 Å². The van der Waals surface area contributed by atoms with Gasteiger partial charge in [0.15, 0.2) is 5.11 Å². The first-order chi connectivity index (χ1) is 13.6. The molecule has 3 N–H and O–H groups in total. The van der Waals surface area contributed by atoms with E-state index in [0.717, 1.165) is 19.3 Å². The van der Waals surface area contributed by atoms with E-state index < -0.39 is 9.96 Å². The second-order valence-electron chi connectivity index (χ2n) is 6.64. The molecule has 4 nitrogen and oxygen atoms in total. The van der Waals surface area contributed by atoms with E-state index >= 15 is 0 Å². The molecule has 0 aliphatic heterocycles. The van der Waals surface area contributed by atoms with Crippen molar-refractivity contribution in [3.63, 3.8) is 0 Å². The zero-order valence-electron chi connectivity index (χ0n) is 16.2. The van der Waals surface area contributed by atoms with Crippen molar-refractivity contribution in [3.8, 4) is 0 Å². The van der Waals surface area contributed by atoms with Crippen molar-refractivity contribution >= 4 is 86.9 Å². The van der Waals surface area contributed by atoms with Gasteiger partial charge in [-0.05, 0) is 36.8 Å². The van der Waals surface area contributed by atoms with Gasteiger partial charge >= 0.3 is 0 Å². The summed E-state index contributed by atoms with van der Waals surface area (Å²) in [7, 11) is 0. The topological polar surface area (TPSA) is 53.2 Å². The van der Waals surface area contributed by atoms with Crippen molar-refractivity contribution in [2.45, 2.75) is 68.2 Å². The molecular formula is C19H26Cl5N3OS. The van der Waals surface area contributed by atoms with Crippen molar-refractivity contribution in [2.75, 3.05) is 5.32 Å². The molecule has 1 atom stereocenters. The van der Waals surface area contributed by atoms with Crippen LogP contribution in [0.3, 0.4) is 0 Å². The number of unbranched alkanes of at least 4 members (excludes halogenated alkanes) is 6. The number of anilines is 1. The molecule has 0 saturated carbocycles. The third-order valence-electron chi connectivity index (χ3n) is 4.09. The molecule has 0 bridgehead atoms. The Labute approximate surface area is 203 Å². The summed E-state index contributed by atoms with van der Waals surface area (Å²) in [6, 6.07) is 4.94. The van der Waals surface area contributed by atoms with E-state index in [0.29, 0.717) is 22.2 Å². The average Bonchev–Trinajstić information content (AvgIpc) is 2.62. The van der Waals surface area contributed by atoms with Crippen LogP contribution in [0, 0.1) is 0 Å². The highest BCUT2D eigenvalue weighted by Gasteiger charge is 2.34. The van der Waals surface area contributed by atoms with Crippen LogP contribution in [0.15, 0.2) is 18.2 Å². The molecule has 1 aromatic carbocycles. The third-order valence-corrected chi connectivity index (χ3v) is 5.71. The fourth-order valence-electron chi connectivity index (χ4n) is 2.55. The van der Waals surface area contributed by atoms with E-state index in [1.807, 2.05) is 0 Å². The predicted molar refractivity (Wildman–Crippen MR) is 131 cm³/mol. The summed E-state index contributed by atoms with van der Waals surface area (Å²) in [4.78, 5) is 12.2. The first-order valence-electron chi connectivity index (χ1n) is 9.52. The van der Waals surface area contributed by atoms with E-state index in [4.69, 9.17) is 70.2 Å². The monoisotopic (exact) mass is 519 g/mol. The van der Waals surface area contributed by atoms with Crippen molar-refractivity contribution in [1.29, 1.82) is 0 Å². The second-order valence-corrected chi connectivity index (χ2v) is 10.2. The maximum Gasteiger partial charge on any atom is 0.228 e. The third kappa shape index (κ3) is 11.7. The van der Waals surface area contributed by atoms with Gasteiger partial charge in [-0.2, -0.15) is 0 Å². The molecule has 164 valence electrons. The van der Waals surface area contributed by atoms with Crippen molar-refractivity contribution in [3.05, 3.63) is 28.2 Å². The highest BCUT2D eigenvalue weighted by molar-refractivity contribution is 7.80. The Balaban J connectivity index is 2.47. The van der Waals surface area contributed by atoms with Gasteiger partial charge in [0.2, 0.25) is 9.70 Å². The van der Waals surface area contributed by atoms with Crippen LogP contribution in [0.1, 0.15) is 58.3 Å². The molecule has 0 spiro atoms. The van der Waals surface area contributed by atoms with Crippen LogP contribution >= 0.6 is 70.2 Å². The molecule has 0 fully saturated rings. The van der Waals surface area contributed by atoms with E-state index in [2.05, 4.69) is 22.9 Å². The molecule has 29 heavy (non-hydrogen) atoms. The molecule has 0 saturated heterocycles. The molecule has 10 heteroatoms. The van der Waals surface area contributed by atoms with E-state index in [9.17, 15) is 4.79 Å². The standard InChI is InChI=1S/C19H26Cl5N3OS/c1-2-3-4-5-6-7-8-9-16(28)26-17(19(22,23)24)27-18(29)25-13-10-11-14(20)15(21)12-13/h10-12,17H,2-9H2,1H3,(H,26,28)(H2,25,27,29)/t17-/m1/s1. The summed E-state index contributed by atoms with van der Waals surface area (Å²) in [5.41, 5.74) is 0.606. The van der Waals surface area contributed by atoms with Gasteiger partial charge in [-0.3, -0.25) is 4.79 Å². The molecule has 0 unspecified atom stereocenters. The summed E-state index contributed by atoms with van der Waals surface area (Å²) in [6.45, 7) is 2.19. The molecule has 0 aromatic heterocycles. The lowest BCUT2D eigenvalue weighted by Gasteiger charge is -2.27. The fraction of sp³-hybridized carbons (Fsp3) is 0.579. The summed E-state index contributed by atoms with van der Waals surface area (Å²) in [5, 5.41) is 9.37. The Kier molecular flexibility index (Phi) is 13.0. The minimum Gasteiger partial charge on any atom is -0.339 e. The van der Waals surface area contributed by atoms with Crippen LogP contribution < -0.4 is 16.0 Å². The van der Waals surface area contributed by atoms with E-state index in [1.165, 1.54) is 25.7 Å². The van der Waals surface area contributed by atoms with Crippen LogP contribution in [-0.2, 0) is 4.79 Å². The van der Waals surface area contributed by atoms with Gasteiger partial charge in [0.25, 0.3) is 0 Å². The zero-order chi connectivity index (χ0) is 21.9. The molecule has 0 aliphatic rings. The molecule has 1 aromatic rings. The van der Waals surface area contributed by atoms with Crippen LogP contribution in [0.2, 0.25) is 10.0 Å². The lowest BCUT2D eigenvalue weighted by Crippen LogP contribution is -2.56. The second kappa shape index (κ2) is 14.0. The number of alkyl halides is 3. The number of thiocarbonyl (C=S) groups is 1. The number of halogens is 5. The van der Waals surface area contributed by atoms with Crippen LogP contribution in [0.25, 0.3) is 0 Å². The number of carbonyl (C=O) groups is 1. The molecule has 0 radical (unpaired) electrons. The number of nitrogens with one attached hydrogen (secondary N) is 3. The van der Waals surface area contributed by atoms with Gasteiger partial charge < -0.3 is 16.0 Å². The molecule has 0 heterocycles. The lowest BCUT2D eigenvalue weighted by atomic mass is 10.1. The van der Waals surface area contributed by atoms with Crippen molar-refractivity contribution in [1.82, 2.24) is 10.6 Å². The van der Waals surface area contributed by atoms with E-state index in [1.54, 1.807) is 18.2 Å². The maximum atomic E-state index is 12.2. The maximum absolute atomic E-state index is 12.2. The van der Waals surface area contributed by atoms with Gasteiger partial charge in [0, 0.05) is 12.1 Å². The first-order valence-corrected chi connectivity index (χ1v) is 11.8. The quantitative estimate of drug-likeness (QED) is 0.124. The van der Waals surface area contributed by atoms with Crippen LogP contribution in [-0.4, -0.2) is 21.0 Å². The first kappa shape index (κ1) is 26.9. The molecule has 1 amide bonds. The largest absolute Gasteiger partial charge is 0.339 e. The highest BCUT2D eigenvalue weighted by Crippen LogP contribution is 2.29.